The Morgan fingerprint density at radius 3 is 2.82 bits per heavy atom. The fraction of sp³-hybridized carbons (Fsp3) is 0.385. The van der Waals surface area contributed by atoms with Crippen molar-refractivity contribution < 1.29 is 14.7 Å². The highest BCUT2D eigenvalue weighted by Gasteiger charge is 2.30. The van der Waals surface area contributed by atoms with Gasteiger partial charge in [0.05, 0.1) is 19.3 Å². The van der Waals surface area contributed by atoms with Gasteiger partial charge >= 0.3 is 0 Å². The number of aliphatic hydroxyl groups excluding tert-OH is 1. The first-order valence-electron chi connectivity index (χ1n) is 5.63. The predicted octanol–water partition coefficient (Wildman–Crippen LogP) is 0.943. The zero-order chi connectivity index (χ0) is 12.1. The maximum absolute atomic E-state index is 10.6. The molecule has 0 bridgehead atoms. The predicted molar refractivity (Wildman–Crippen MR) is 62.6 cm³/mol. The summed E-state index contributed by atoms with van der Waals surface area (Å²) in [6, 6.07) is 9.45. The van der Waals surface area contributed by atoms with Gasteiger partial charge in [-0.3, -0.25) is 4.84 Å². The molecule has 4 heteroatoms. The summed E-state index contributed by atoms with van der Waals surface area (Å²) in [7, 11) is 0. The smallest absolute Gasteiger partial charge is 0.125 e. The van der Waals surface area contributed by atoms with Gasteiger partial charge in [-0.25, -0.2) is 4.79 Å². The molecule has 2 rings (SSSR count). The van der Waals surface area contributed by atoms with Crippen LogP contribution in [0.25, 0.3) is 0 Å². The van der Waals surface area contributed by atoms with Gasteiger partial charge in [-0.05, 0) is 12.0 Å². The molecule has 1 saturated heterocycles. The number of hydrogen-bond donors (Lipinski definition) is 1. The second-order valence-electron chi connectivity index (χ2n) is 3.98. The summed E-state index contributed by atoms with van der Waals surface area (Å²) in [5, 5.41) is 10.9. The van der Waals surface area contributed by atoms with E-state index in [4.69, 9.17) is 4.84 Å². The van der Waals surface area contributed by atoms with Gasteiger partial charge in [-0.1, -0.05) is 30.3 Å². The van der Waals surface area contributed by atoms with E-state index in [1.165, 1.54) is 0 Å². The number of hydroxylamine groups is 2. The molecule has 90 valence electrons. The van der Waals surface area contributed by atoms with Crippen LogP contribution in [0.1, 0.15) is 12.0 Å². The molecule has 1 heterocycles. The topological polar surface area (TPSA) is 49.8 Å². The fourth-order valence-corrected chi connectivity index (χ4v) is 1.93. The lowest BCUT2D eigenvalue weighted by molar-refractivity contribution is -0.180. The van der Waals surface area contributed by atoms with Crippen LogP contribution >= 0.6 is 0 Å². The molecular weight excluding hydrogens is 218 g/mol. The van der Waals surface area contributed by atoms with Crippen LogP contribution in [-0.4, -0.2) is 35.3 Å². The average Bonchev–Trinajstić information content (AvgIpc) is 2.79. The van der Waals surface area contributed by atoms with E-state index in [1.54, 1.807) is 5.06 Å². The Morgan fingerprint density at radius 2 is 2.18 bits per heavy atom. The van der Waals surface area contributed by atoms with E-state index in [0.717, 1.165) is 5.56 Å². The summed E-state index contributed by atoms with van der Waals surface area (Å²) in [5.74, 6) is 1.88. The number of carbonyl (C=O) groups excluding carboxylic acids is 1. The Labute approximate surface area is 100 Å². The largest absolute Gasteiger partial charge is 0.394 e. The number of rotatable bonds is 4. The van der Waals surface area contributed by atoms with Crippen LogP contribution < -0.4 is 0 Å². The SMILES string of the molecule is O=C=C1CCN(OCc2ccccc2)[C@H]1CO. The molecule has 1 aromatic rings. The summed E-state index contributed by atoms with van der Waals surface area (Å²) in [6.45, 7) is 0.964. The van der Waals surface area contributed by atoms with Gasteiger partial charge < -0.3 is 5.11 Å². The highest BCUT2D eigenvalue weighted by atomic mass is 16.7. The summed E-state index contributed by atoms with van der Waals surface area (Å²) >= 11 is 0. The number of aliphatic hydroxyl groups is 1. The minimum absolute atomic E-state index is 0.112. The molecule has 0 aromatic heterocycles. The van der Waals surface area contributed by atoms with Crippen molar-refractivity contribution in [2.75, 3.05) is 13.2 Å². The van der Waals surface area contributed by atoms with E-state index in [1.807, 2.05) is 36.3 Å². The molecule has 1 fully saturated rings. The normalized spacial score (nSPS) is 20.5. The maximum Gasteiger partial charge on any atom is 0.125 e. The molecule has 1 aromatic carbocycles. The van der Waals surface area contributed by atoms with Crippen molar-refractivity contribution in [2.45, 2.75) is 19.1 Å². The van der Waals surface area contributed by atoms with Gasteiger partial charge in [-0.15, -0.1) is 0 Å². The minimum Gasteiger partial charge on any atom is -0.394 e. The van der Waals surface area contributed by atoms with Gasteiger partial charge in [0.1, 0.15) is 5.94 Å². The molecule has 0 saturated carbocycles. The Kier molecular flexibility index (Phi) is 4.07. The first-order chi connectivity index (χ1) is 8.35. The molecular formula is C13H15NO3. The van der Waals surface area contributed by atoms with Crippen molar-refractivity contribution >= 4 is 5.94 Å². The zero-order valence-corrected chi connectivity index (χ0v) is 9.50. The van der Waals surface area contributed by atoms with Crippen molar-refractivity contribution in [1.82, 2.24) is 5.06 Å². The Morgan fingerprint density at radius 1 is 1.41 bits per heavy atom. The van der Waals surface area contributed by atoms with Crippen LogP contribution in [0, 0.1) is 0 Å². The molecule has 0 spiro atoms. The van der Waals surface area contributed by atoms with Gasteiger partial charge in [0.2, 0.25) is 0 Å². The van der Waals surface area contributed by atoms with E-state index in [9.17, 15) is 9.90 Å². The van der Waals surface area contributed by atoms with E-state index in [-0.39, 0.29) is 12.6 Å². The number of hydrogen-bond acceptors (Lipinski definition) is 4. The molecule has 4 nitrogen and oxygen atoms in total. The lowest BCUT2D eigenvalue weighted by Gasteiger charge is -2.21. The van der Waals surface area contributed by atoms with E-state index in [2.05, 4.69) is 0 Å². The molecule has 0 amide bonds. The standard InChI is InChI=1S/C13H15NO3/c15-8-12-6-7-14(13(12)9-16)17-10-11-4-2-1-3-5-11/h1-5,13,16H,6-7,9-10H2/t13-/m0/s1. The summed E-state index contributed by atoms with van der Waals surface area (Å²) in [5.41, 5.74) is 1.65. The van der Waals surface area contributed by atoms with Crippen molar-refractivity contribution in [3.05, 3.63) is 41.5 Å². The van der Waals surface area contributed by atoms with Gasteiger partial charge in [0, 0.05) is 12.1 Å². The summed E-state index contributed by atoms with van der Waals surface area (Å²) in [6.07, 6.45) is 0.615. The van der Waals surface area contributed by atoms with Gasteiger partial charge in [0.15, 0.2) is 0 Å². The molecule has 1 aliphatic rings. The van der Waals surface area contributed by atoms with Crippen molar-refractivity contribution in [1.29, 1.82) is 0 Å². The van der Waals surface area contributed by atoms with Crippen molar-refractivity contribution in [2.24, 2.45) is 0 Å². The monoisotopic (exact) mass is 233 g/mol. The van der Waals surface area contributed by atoms with E-state index < -0.39 is 0 Å². The summed E-state index contributed by atoms with van der Waals surface area (Å²) < 4.78 is 0. The summed E-state index contributed by atoms with van der Waals surface area (Å²) in [4.78, 5) is 16.2. The minimum atomic E-state index is -0.337. The third-order valence-electron chi connectivity index (χ3n) is 2.90. The number of nitrogens with zero attached hydrogens (tertiary/aromatic N) is 1. The Bertz CT molecular complexity index is 412. The van der Waals surface area contributed by atoms with Crippen LogP contribution in [-0.2, 0) is 16.2 Å². The van der Waals surface area contributed by atoms with E-state index in [0.29, 0.717) is 25.1 Å². The maximum atomic E-state index is 10.6. The van der Waals surface area contributed by atoms with E-state index >= 15 is 0 Å². The molecule has 1 aliphatic heterocycles. The van der Waals surface area contributed by atoms with Crippen LogP contribution in [0.4, 0.5) is 0 Å². The van der Waals surface area contributed by atoms with Crippen LogP contribution in [0.5, 0.6) is 0 Å². The van der Waals surface area contributed by atoms with Crippen molar-refractivity contribution in [3.63, 3.8) is 0 Å². The average molecular weight is 233 g/mol. The highest BCUT2D eigenvalue weighted by molar-refractivity contribution is 5.55. The third-order valence-corrected chi connectivity index (χ3v) is 2.90. The van der Waals surface area contributed by atoms with Crippen molar-refractivity contribution in [3.8, 4) is 0 Å². The lowest BCUT2D eigenvalue weighted by Crippen LogP contribution is -2.33. The molecule has 1 atom stereocenters. The highest BCUT2D eigenvalue weighted by Crippen LogP contribution is 2.21. The first kappa shape index (κ1) is 12.0. The zero-order valence-electron chi connectivity index (χ0n) is 9.50. The van der Waals surface area contributed by atoms with Crippen LogP contribution in [0.2, 0.25) is 0 Å². The molecule has 0 radical (unpaired) electrons. The third kappa shape index (κ3) is 2.81. The number of benzene rings is 1. The fourth-order valence-electron chi connectivity index (χ4n) is 1.93. The van der Waals surface area contributed by atoms with Gasteiger partial charge in [0.25, 0.3) is 0 Å². The molecule has 0 aliphatic carbocycles. The lowest BCUT2D eigenvalue weighted by atomic mass is 10.1. The molecule has 1 N–H and O–H groups in total. The van der Waals surface area contributed by atoms with Crippen LogP contribution in [0.15, 0.2) is 35.9 Å². The Balaban J connectivity index is 1.94. The van der Waals surface area contributed by atoms with Crippen LogP contribution in [0.3, 0.4) is 0 Å². The quantitative estimate of drug-likeness (QED) is 0.786. The second kappa shape index (κ2) is 5.75. The second-order valence-corrected chi connectivity index (χ2v) is 3.98. The molecule has 17 heavy (non-hydrogen) atoms. The Hall–Kier alpha value is -1.45. The molecule has 0 unspecified atom stereocenters. The first-order valence-corrected chi connectivity index (χ1v) is 5.63. The van der Waals surface area contributed by atoms with Gasteiger partial charge in [-0.2, -0.15) is 5.06 Å².